The molecule has 6 heteroatoms. The highest BCUT2D eigenvalue weighted by atomic mass is 35.5. The molecule has 2 aromatic rings. The summed E-state index contributed by atoms with van der Waals surface area (Å²) in [4.78, 5) is 15.3. The number of hydrogen-bond acceptors (Lipinski definition) is 4. The quantitative estimate of drug-likeness (QED) is 0.900. The molecule has 23 heavy (non-hydrogen) atoms. The Morgan fingerprint density at radius 3 is 2.70 bits per heavy atom. The van der Waals surface area contributed by atoms with Crippen molar-refractivity contribution < 1.29 is 9.53 Å². The SMILES string of the molecule is O=C(NCCN1CCOCC1)c1cc(-c2ccc(Cl)cc2)cs1. The molecule has 2 heterocycles. The molecule has 0 bridgehead atoms. The van der Waals surface area contributed by atoms with E-state index in [4.69, 9.17) is 16.3 Å². The van der Waals surface area contributed by atoms with Gasteiger partial charge in [0.1, 0.15) is 0 Å². The number of carbonyl (C=O) groups excluding carboxylic acids is 1. The van der Waals surface area contributed by atoms with Crippen molar-refractivity contribution in [2.24, 2.45) is 0 Å². The molecule has 0 saturated carbocycles. The van der Waals surface area contributed by atoms with Crippen LogP contribution >= 0.6 is 22.9 Å². The molecule has 1 amide bonds. The van der Waals surface area contributed by atoms with E-state index in [0.29, 0.717) is 11.6 Å². The second-order valence-electron chi connectivity index (χ2n) is 5.42. The Bertz CT molecular complexity index is 651. The van der Waals surface area contributed by atoms with Crippen LogP contribution in [-0.2, 0) is 4.74 Å². The Morgan fingerprint density at radius 2 is 1.96 bits per heavy atom. The molecule has 1 aromatic carbocycles. The molecule has 1 aliphatic rings. The highest BCUT2D eigenvalue weighted by Gasteiger charge is 2.12. The van der Waals surface area contributed by atoms with Gasteiger partial charge in [-0.05, 0) is 34.7 Å². The molecule has 0 atom stereocenters. The highest BCUT2D eigenvalue weighted by Crippen LogP contribution is 2.26. The van der Waals surface area contributed by atoms with Gasteiger partial charge in [-0.3, -0.25) is 9.69 Å². The Morgan fingerprint density at radius 1 is 1.22 bits per heavy atom. The topological polar surface area (TPSA) is 41.6 Å². The van der Waals surface area contributed by atoms with E-state index < -0.39 is 0 Å². The second-order valence-corrected chi connectivity index (χ2v) is 6.76. The van der Waals surface area contributed by atoms with Gasteiger partial charge in [-0.25, -0.2) is 0 Å². The number of amides is 1. The Hall–Kier alpha value is -1.40. The Kier molecular flexibility index (Phi) is 5.67. The predicted molar refractivity (Wildman–Crippen MR) is 94.4 cm³/mol. The number of halogens is 1. The maximum absolute atomic E-state index is 12.2. The number of ether oxygens (including phenoxy) is 1. The van der Waals surface area contributed by atoms with Crippen LogP contribution in [-0.4, -0.2) is 50.2 Å². The van der Waals surface area contributed by atoms with Crippen molar-refractivity contribution in [1.82, 2.24) is 10.2 Å². The molecule has 0 spiro atoms. The van der Waals surface area contributed by atoms with E-state index in [1.807, 2.05) is 35.7 Å². The third-order valence-electron chi connectivity index (χ3n) is 3.82. The average Bonchev–Trinajstić information content (AvgIpc) is 3.06. The summed E-state index contributed by atoms with van der Waals surface area (Å²) in [7, 11) is 0. The van der Waals surface area contributed by atoms with Crippen LogP contribution in [0.25, 0.3) is 11.1 Å². The first kappa shape index (κ1) is 16.5. The fourth-order valence-corrected chi connectivity index (χ4v) is 3.45. The number of nitrogens with zero attached hydrogens (tertiary/aromatic N) is 1. The summed E-state index contributed by atoms with van der Waals surface area (Å²) in [5.41, 5.74) is 2.11. The molecule has 0 radical (unpaired) electrons. The molecule has 0 unspecified atom stereocenters. The lowest BCUT2D eigenvalue weighted by Crippen LogP contribution is -2.41. The molecular weight excluding hydrogens is 332 g/mol. The number of benzene rings is 1. The number of rotatable bonds is 5. The second kappa shape index (κ2) is 7.93. The van der Waals surface area contributed by atoms with Gasteiger partial charge in [0, 0.05) is 31.2 Å². The summed E-state index contributed by atoms with van der Waals surface area (Å²) < 4.78 is 5.31. The number of nitrogens with one attached hydrogen (secondary N) is 1. The van der Waals surface area contributed by atoms with Crippen LogP contribution in [0.4, 0.5) is 0 Å². The fraction of sp³-hybridized carbons (Fsp3) is 0.353. The van der Waals surface area contributed by atoms with Gasteiger partial charge < -0.3 is 10.1 Å². The summed E-state index contributed by atoms with van der Waals surface area (Å²) >= 11 is 7.37. The average molecular weight is 351 g/mol. The van der Waals surface area contributed by atoms with E-state index in [9.17, 15) is 4.79 Å². The van der Waals surface area contributed by atoms with E-state index in [0.717, 1.165) is 48.9 Å². The van der Waals surface area contributed by atoms with E-state index in [1.165, 1.54) is 11.3 Å². The smallest absolute Gasteiger partial charge is 0.261 e. The predicted octanol–water partition coefficient (Wildman–Crippen LogP) is 3.13. The summed E-state index contributed by atoms with van der Waals surface area (Å²) in [6, 6.07) is 9.57. The van der Waals surface area contributed by atoms with Gasteiger partial charge in [-0.15, -0.1) is 11.3 Å². The molecule has 1 aliphatic heterocycles. The van der Waals surface area contributed by atoms with Crippen molar-refractivity contribution in [2.75, 3.05) is 39.4 Å². The molecule has 122 valence electrons. The molecule has 1 fully saturated rings. The van der Waals surface area contributed by atoms with Crippen molar-refractivity contribution in [3.63, 3.8) is 0 Å². The fourth-order valence-electron chi connectivity index (χ4n) is 2.49. The minimum absolute atomic E-state index is 0.0107. The first-order valence-electron chi connectivity index (χ1n) is 7.65. The molecule has 0 aliphatic carbocycles. The van der Waals surface area contributed by atoms with E-state index in [-0.39, 0.29) is 5.91 Å². The number of hydrogen-bond donors (Lipinski definition) is 1. The Balaban J connectivity index is 1.52. The third-order valence-corrected chi connectivity index (χ3v) is 5.00. The van der Waals surface area contributed by atoms with Crippen molar-refractivity contribution in [3.8, 4) is 11.1 Å². The van der Waals surface area contributed by atoms with Crippen LogP contribution in [0.3, 0.4) is 0 Å². The Labute approximate surface area is 145 Å². The van der Waals surface area contributed by atoms with Crippen molar-refractivity contribution >= 4 is 28.8 Å². The number of thiophene rings is 1. The van der Waals surface area contributed by atoms with Gasteiger partial charge in [-0.1, -0.05) is 23.7 Å². The summed E-state index contributed by atoms with van der Waals surface area (Å²) in [5.74, 6) is -0.0107. The zero-order chi connectivity index (χ0) is 16.1. The third kappa shape index (κ3) is 4.54. The van der Waals surface area contributed by atoms with Crippen LogP contribution in [0.15, 0.2) is 35.7 Å². The molecule has 4 nitrogen and oxygen atoms in total. The largest absolute Gasteiger partial charge is 0.379 e. The zero-order valence-corrected chi connectivity index (χ0v) is 14.3. The van der Waals surface area contributed by atoms with E-state index in [2.05, 4.69) is 10.2 Å². The summed E-state index contributed by atoms with van der Waals surface area (Å²) in [6.07, 6.45) is 0. The van der Waals surface area contributed by atoms with Crippen LogP contribution < -0.4 is 5.32 Å². The van der Waals surface area contributed by atoms with Crippen LogP contribution in [0.5, 0.6) is 0 Å². The maximum Gasteiger partial charge on any atom is 0.261 e. The van der Waals surface area contributed by atoms with Crippen molar-refractivity contribution in [1.29, 1.82) is 0 Å². The van der Waals surface area contributed by atoms with Gasteiger partial charge in [0.25, 0.3) is 5.91 Å². The lowest BCUT2D eigenvalue weighted by molar-refractivity contribution is 0.0383. The number of morpholine rings is 1. The maximum atomic E-state index is 12.2. The minimum atomic E-state index is -0.0107. The van der Waals surface area contributed by atoms with Gasteiger partial charge >= 0.3 is 0 Å². The van der Waals surface area contributed by atoms with Gasteiger partial charge in [0.15, 0.2) is 0 Å². The molecule has 3 rings (SSSR count). The normalized spacial score (nSPS) is 15.5. The summed E-state index contributed by atoms with van der Waals surface area (Å²) in [5, 5.41) is 5.70. The lowest BCUT2D eigenvalue weighted by atomic mass is 10.1. The molecular formula is C17H19ClN2O2S. The number of carbonyl (C=O) groups is 1. The molecule has 1 aromatic heterocycles. The standard InChI is InChI=1S/C17H19ClN2O2S/c18-15-3-1-13(2-4-15)14-11-16(23-12-14)17(21)19-5-6-20-7-9-22-10-8-20/h1-4,11-12H,5-10H2,(H,19,21). The van der Waals surface area contributed by atoms with Gasteiger partial charge in [0.2, 0.25) is 0 Å². The van der Waals surface area contributed by atoms with Crippen molar-refractivity contribution in [3.05, 3.63) is 45.6 Å². The van der Waals surface area contributed by atoms with E-state index in [1.54, 1.807) is 0 Å². The lowest BCUT2D eigenvalue weighted by Gasteiger charge is -2.26. The van der Waals surface area contributed by atoms with Crippen LogP contribution in [0, 0.1) is 0 Å². The van der Waals surface area contributed by atoms with Crippen molar-refractivity contribution in [2.45, 2.75) is 0 Å². The van der Waals surface area contributed by atoms with Crippen LogP contribution in [0.1, 0.15) is 9.67 Å². The minimum Gasteiger partial charge on any atom is -0.379 e. The highest BCUT2D eigenvalue weighted by molar-refractivity contribution is 7.12. The van der Waals surface area contributed by atoms with Crippen LogP contribution in [0.2, 0.25) is 5.02 Å². The van der Waals surface area contributed by atoms with Gasteiger partial charge in [-0.2, -0.15) is 0 Å². The first-order chi connectivity index (χ1) is 11.2. The summed E-state index contributed by atoms with van der Waals surface area (Å²) in [6.45, 7) is 4.97. The first-order valence-corrected chi connectivity index (χ1v) is 8.91. The van der Waals surface area contributed by atoms with E-state index >= 15 is 0 Å². The van der Waals surface area contributed by atoms with Gasteiger partial charge in [0.05, 0.1) is 18.1 Å². The zero-order valence-electron chi connectivity index (χ0n) is 12.8. The molecule has 1 N–H and O–H groups in total. The molecule has 1 saturated heterocycles. The monoisotopic (exact) mass is 350 g/mol.